The van der Waals surface area contributed by atoms with Gasteiger partial charge in [-0.1, -0.05) is 24.1 Å². The molecule has 0 saturated carbocycles. The number of hydrogen-bond donors (Lipinski definition) is 2. The number of aromatic hydroxyl groups is 1. The summed E-state index contributed by atoms with van der Waals surface area (Å²) in [5.41, 5.74) is 3.06. The van der Waals surface area contributed by atoms with E-state index in [1.165, 1.54) is 5.56 Å². The predicted molar refractivity (Wildman–Crippen MR) is 142 cm³/mol. The van der Waals surface area contributed by atoms with Gasteiger partial charge in [-0.3, -0.25) is 4.90 Å². The molecule has 2 aromatic heterocycles. The fourth-order valence-corrected chi connectivity index (χ4v) is 5.09. The number of phenols is 1. The Morgan fingerprint density at radius 1 is 1.08 bits per heavy atom. The maximum absolute atomic E-state index is 13.1. The summed E-state index contributed by atoms with van der Waals surface area (Å²) in [6.07, 6.45) is 5.51. The van der Waals surface area contributed by atoms with E-state index in [1.54, 1.807) is 30.5 Å². The maximum Gasteiger partial charge on any atom is 0.321 e. The smallest absolute Gasteiger partial charge is 0.321 e. The number of ether oxygens (including phenoxy) is 1. The van der Waals surface area contributed by atoms with Crippen LogP contribution in [-0.2, 0) is 0 Å². The molecule has 5 rings (SSSR count). The lowest BCUT2D eigenvalue weighted by Crippen LogP contribution is -2.43. The first-order valence-electron chi connectivity index (χ1n) is 12.8. The minimum absolute atomic E-state index is 0.105. The van der Waals surface area contributed by atoms with Gasteiger partial charge in [-0.15, -0.1) is 0 Å². The largest absolute Gasteiger partial charge is 0.507 e. The third-order valence-electron chi connectivity index (χ3n) is 6.95. The first-order valence-corrected chi connectivity index (χ1v) is 12.8. The Balaban J connectivity index is 1.25. The van der Waals surface area contributed by atoms with Crippen molar-refractivity contribution in [1.29, 1.82) is 0 Å². The third-order valence-corrected chi connectivity index (χ3v) is 6.95. The summed E-state index contributed by atoms with van der Waals surface area (Å²) < 4.78 is 5.38. The van der Waals surface area contributed by atoms with Crippen LogP contribution < -0.4 is 10.1 Å². The van der Waals surface area contributed by atoms with Gasteiger partial charge in [0.05, 0.1) is 24.1 Å². The predicted octanol–water partition coefficient (Wildman–Crippen LogP) is 4.08. The number of carbonyl (C=O) groups excluding carboxylic acids is 1. The summed E-state index contributed by atoms with van der Waals surface area (Å²) in [6.45, 7) is 5.84. The molecule has 8 heteroatoms. The Morgan fingerprint density at radius 3 is 2.73 bits per heavy atom. The van der Waals surface area contributed by atoms with Gasteiger partial charge in [0.15, 0.2) is 0 Å². The van der Waals surface area contributed by atoms with Crippen LogP contribution in [0.15, 0.2) is 60.9 Å². The lowest BCUT2D eigenvalue weighted by Gasteiger charge is -2.29. The van der Waals surface area contributed by atoms with E-state index in [4.69, 9.17) is 4.74 Å². The highest BCUT2D eigenvalue weighted by Crippen LogP contribution is 2.35. The summed E-state index contributed by atoms with van der Waals surface area (Å²) in [6, 6.07) is 14.8. The van der Waals surface area contributed by atoms with E-state index in [-0.39, 0.29) is 17.8 Å². The van der Waals surface area contributed by atoms with Crippen molar-refractivity contribution in [1.82, 2.24) is 19.8 Å². The molecule has 0 radical (unpaired) electrons. The lowest BCUT2D eigenvalue weighted by molar-refractivity contribution is 0.197. The first-order chi connectivity index (χ1) is 18.1. The molecule has 3 aromatic rings. The van der Waals surface area contributed by atoms with Gasteiger partial charge in [-0.05, 0) is 62.1 Å². The molecule has 2 atom stereocenters. The van der Waals surface area contributed by atoms with E-state index in [2.05, 4.69) is 38.1 Å². The van der Waals surface area contributed by atoms with E-state index < -0.39 is 0 Å². The number of anilines is 1. The molecular formula is C29H31N5O3. The van der Waals surface area contributed by atoms with Gasteiger partial charge in [-0.2, -0.15) is 0 Å². The maximum atomic E-state index is 13.1. The molecule has 2 fully saturated rings. The van der Waals surface area contributed by atoms with Crippen LogP contribution in [0.1, 0.15) is 42.5 Å². The molecule has 2 aliphatic heterocycles. The van der Waals surface area contributed by atoms with Crippen molar-refractivity contribution < 1.29 is 14.6 Å². The van der Waals surface area contributed by atoms with E-state index in [0.29, 0.717) is 41.9 Å². The number of urea groups is 1. The highest BCUT2D eigenvalue weighted by molar-refractivity contribution is 5.89. The van der Waals surface area contributed by atoms with Gasteiger partial charge < -0.3 is 20.1 Å². The Bertz CT molecular complexity index is 1280. The summed E-state index contributed by atoms with van der Waals surface area (Å²) in [4.78, 5) is 26.3. The Hall–Kier alpha value is -4.09. The number of amides is 2. The second kappa shape index (κ2) is 11.3. The van der Waals surface area contributed by atoms with Crippen LogP contribution in [0.5, 0.6) is 11.6 Å². The highest BCUT2D eigenvalue weighted by atomic mass is 16.5. The molecule has 0 aliphatic carbocycles. The summed E-state index contributed by atoms with van der Waals surface area (Å²) in [5.74, 6) is 7.03. The lowest BCUT2D eigenvalue weighted by atomic mass is 9.92. The number of nitrogens with zero attached hydrogens (tertiary/aromatic N) is 4. The van der Waals surface area contributed by atoms with Crippen molar-refractivity contribution in [2.75, 3.05) is 38.1 Å². The number of pyridine rings is 2. The monoisotopic (exact) mass is 497 g/mol. The van der Waals surface area contributed by atoms with Gasteiger partial charge in [0.1, 0.15) is 11.4 Å². The number of hydrogen-bond acceptors (Lipinski definition) is 6. The molecular weight excluding hydrogens is 466 g/mol. The summed E-state index contributed by atoms with van der Waals surface area (Å²) >= 11 is 0. The molecule has 4 heterocycles. The van der Waals surface area contributed by atoms with Gasteiger partial charge >= 0.3 is 6.03 Å². The van der Waals surface area contributed by atoms with Crippen LogP contribution in [0.2, 0.25) is 0 Å². The topological polar surface area (TPSA) is 90.8 Å². The van der Waals surface area contributed by atoms with Crippen LogP contribution >= 0.6 is 0 Å². The van der Waals surface area contributed by atoms with Crippen LogP contribution in [0.25, 0.3) is 0 Å². The Labute approximate surface area is 217 Å². The Kier molecular flexibility index (Phi) is 7.52. The molecule has 0 unspecified atom stereocenters. The third kappa shape index (κ3) is 5.84. The minimum atomic E-state index is -0.105. The average Bonchev–Trinajstić information content (AvgIpc) is 3.19. The number of carbonyl (C=O) groups is 1. The minimum Gasteiger partial charge on any atom is -0.507 e. The van der Waals surface area contributed by atoms with Crippen molar-refractivity contribution in [3.05, 3.63) is 77.7 Å². The van der Waals surface area contributed by atoms with Gasteiger partial charge in [0.25, 0.3) is 0 Å². The van der Waals surface area contributed by atoms with Crippen LogP contribution in [-0.4, -0.2) is 69.7 Å². The number of rotatable bonds is 4. The molecule has 0 bridgehead atoms. The Morgan fingerprint density at radius 2 is 1.97 bits per heavy atom. The first kappa shape index (κ1) is 24.6. The highest BCUT2D eigenvalue weighted by Gasteiger charge is 2.38. The second-order valence-corrected chi connectivity index (χ2v) is 9.29. The molecule has 0 spiro atoms. The van der Waals surface area contributed by atoms with Crippen molar-refractivity contribution >= 4 is 11.7 Å². The molecule has 1 aromatic carbocycles. The number of nitrogens with one attached hydrogen (secondary N) is 1. The molecule has 2 N–H and O–H groups in total. The fraction of sp³-hybridized carbons (Fsp3) is 0.345. The van der Waals surface area contributed by atoms with Crippen molar-refractivity contribution in [2.45, 2.75) is 31.7 Å². The van der Waals surface area contributed by atoms with Gasteiger partial charge in [0, 0.05) is 43.9 Å². The zero-order valence-corrected chi connectivity index (χ0v) is 20.9. The zero-order valence-electron chi connectivity index (χ0n) is 20.9. The number of aromatic nitrogens is 2. The van der Waals surface area contributed by atoms with E-state index in [1.807, 2.05) is 36.2 Å². The molecule has 37 heavy (non-hydrogen) atoms. The number of fused-ring (bicyclic) bond motifs is 1. The molecule has 2 saturated heterocycles. The summed E-state index contributed by atoms with van der Waals surface area (Å²) in [5, 5.41) is 12.9. The molecule has 190 valence electrons. The van der Waals surface area contributed by atoms with Crippen LogP contribution in [0, 0.1) is 11.8 Å². The van der Waals surface area contributed by atoms with E-state index >= 15 is 0 Å². The SMILES string of the molecule is CCOc1ccc(NC(=O)N2CCCN3CC[C@H](c4ccc(C#Cc5ccccc5O)nc4)[C@@H]3C2)cn1. The number of phenolic OH excluding ortho intramolecular Hbond substituents is 1. The van der Waals surface area contributed by atoms with Crippen LogP contribution in [0.3, 0.4) is 0 Å². The average molecular weight is 498 g/mol. The quantitative estimate of drug-likeness (QED) is 0.528. The van der Waals surface area contributed by atoms with Gasteiger partial charge in [0.2, 0.25) is 5.88 Å². The molecule has 8 nitrogen and oxygen atoms in total. The van der Waals surface area contributed by atoms with Crippen molar-refractivity contribution in [3.8, 4) is 23.5 Å². The zero-order chi connectivity index (χ0) is 25.6. The van der Waals surface area contributed by atoms with E-state index in [9.17, 15) is 9.90 Å². The van der Waals surface area contributed by atoms with Crippen molar-refractivity contribution in [3.63, 3.8) is 0 Å². The second-order valence-electron chi connectivity index (χ2n) is 9.29. The standard InChI is InChI=1S/C29H31N5O3/c1-2-37-28-13-12-24(19-31-28)32-29(36)34-16-5-15-33-17-14-25(26(33)20-34)22-9-11-23(30-18-22)10-8-21-6-3-4-7-27(21)35/h3-4,6-7,9,11-13,18-19,25-26,35H,2,5,14-17,20H2,1H3,(H,32,36)/t25-,26+/m1/s1. The fourth-order valence-electron chi connectivity index (χ4n) is 5.09. The summed E-state index contributed by atoms with van der Waals surface area (Å²) in [7, 11) is 0. The normalized spacial score (nSPS) is 19.3. The van der Waals surface area contributed by atoms with E-state index in [0.717, 1.165) is 32.5 Å². The number of para-hydroxylation sites is 1. The van der Waals surface area contributed by atoms with Crippen molar-refractivity contribution in [2.24, 2.45) is 0 Å². The van der Waals surface area contributed by atoms with Crippen LogP contribution in [0.4, 0.5) is 10.5 Å². The van der Waals surface area contributed by atoms with Gasteiger partial charge in [-0.25, -0.2) is 14.8 Å². The number of benzene rings is 1. The molecule has 2 amide bonds. The molecule has 2 aliphatic rings.